The molecule has 0 saturated carbocycles. The molecule has 8 nitrogen and oxygen atoms in total. The number of rotatable bonds is 33. The van der Waals surface area contributed by atoms with Gasteiger partial charge in [-0.3, -0.25) is 14.4 Å². The zero-order valence-corrected chi connectivity index (χ0v) is 35.2. The topological polar surface area (TPSA) is 91.4 Å². The summed E-state index contributed by atoms with van der Waals surface area (Å²) < 4.78 is 23.3. The lowest BCUT2D eigenvalue weighted by atomic mass is 10.1. The number of unbranched alkanes of at least 4 members (excludes halogenated alkanes) is 16. The van der Waals surface area contributed by atoms with E-state index in [1.54, 1.807) is 0 Å². The minimum Gasteiger partial charge on any atom is -0.463 e. The molecule has 0 aromatic carbocycles. The molecule has 2 rings (SSSR count). The van der Waals surface area contributed by atoms with Crippen LogP contribution in [0.15, 0.2) is 48.6 Å². The molecule has 0 aromatic heterocycles. The number of likely N-dealkylation sites (tertiary alicyclic amines) is 1. The summed E-state index contributed by atoms with van der Waals surface area (Å²) in [6.07, 6.45) is 41.9. The Bertz CT molecular complexity index is 1110. The molecular formula is C47H79NO7. The summed E-state index contributed by atoms with van der Waals surface area (Å²) >= 11 is 0. The quantitative estimate of drug-likeness (QED) is 0.0282. The van der Waals surface area contributed by atoms with Gasteiger partial charge in [0.1, 0.15) is 12.7 Å². The maximum Gasteiger partial charge on any atom is 0.310 e. The molecule has 0 aromatic rings. The molecule has 0 spiro atoms. The van der Waals surface area contributed by atoms with E-state index < -0.39 is 18.3 Å². The summed E-state index contributed by atoms with van der Waals surface area (Å²) in [4.78, 5) is 40.6. The van der Waals surface area contributed by atoms with Crippen molar-refractivity contribution in [3.8, 4) is 0 Å². The standard InChI is InChI=1S/C47H79NO7/c1-4-6-8-10-12-14-16-18-20-22-24-26-28-30-32-34-44(49)54-43-40-52-42(39-53-47(51)41-36-37-48(3)38-41)46(43)55-45(50)35-33-31-29-27-25-23-21-19-17-15-13-11-9-7-5-2/h12-15,18-21,41-43,46H,4-11,16-17,22-40H2,1-3H3/b14-12-,15-13-,20-18-,21-19-/t41?,42-,43+,46+/m1/s1. The lowest BCUT2D eigenvalue weighted by Gasteiger charge is -2.23. The molecule has 0 N–H and O–H groups in total. The molecule has 2 aliphatic heterocycles. The van der Waals surface area contributed by atoms with E-state index in [4.69, 9.17) is 18.9 Å². The fourth-order valence-electron chi connectivity index (χ4n) is 7.05. The van der Waals surface area contributed by atoms with E-state index in [1.165, 1.54) is 51.4 Å². The van der Waals surface area contributed by atoms with Gasteiger partial charge in [-0.2, -0.15) is 0 Å². The first-order valence-electron chi connectivity index (χ1n) is 22.4. The van der Waals surface area contributed by atoms with Gasteiger partial charge < -0.3 is 23.8 Å². The molecular weight excluding hydrogens is 691 g/mol. The van der Waals surface area contributed by atoms with Crippen molar-refractivity contribution in [2.24, 2.45) is 5.92 Å². The number of carbonyl (C=O) groups is 3. The van der Waals surface area contributed by atoms with Crippen LogP contribution in [0.2, 0.25) is 0 Å². The third-order valence-electron chi connectivity index (χ3n) is 10.5. The highest BCUT2D eigenvalue weighted by Gasteiger charge is 2.44. The molecule has 4 atom stereocenters. The van der Waals surface area contributed by atoms with Crippen LogP contribution in [0, 0.1) is 5.92 Å². The Labute approximate surface area is 335 Å². The van der Waals surface area contributed by atoms with Crippen LogP contribution in [0.3, 0.4) is 0 Å². The van der Waals surface area contributed by atoms with Gasteiger partial charge in [-0.25, -0.2) is 0 Å². The van der Waals surface area contributed by atoms with Crippen LogP contribution in [0.4, 0.5) is 0 Å². The Morgan fingerprint density at radius 3 is 1.58 bits per heavy atom. The fraction of sp³-hybridized carbons (Fsp3) is 0.766. The second-order valence-corrected chi connectivity index (χ2v) is 15.7. The van der Waals surface area contributed by atoms with Crippen molar-refractivity contribution in [3.63, 3.8) is 0 Å². The molecule has 2 fully saturated rings. The Balaban J connectivity index is 1.66. The molecule has 2 saturated heterocycles. The summed E-state index contributed by atoms with van der Waals surface area (Å²) in [5.41, 5.74) is 0. The summed E-state index contributed by atoms with van der Waals surface area (Å²) in [5.74, 6) is -1.06. The van der Waals surface area contributed by atoms with E-state index in [0.29, 0.717) is 19.4 Å². The lowest BCUT2D eigenvalue weighted by Crippen LogP contribution is -2.40. The first-order valence-corrected chi connectivity index (χ1v) is 22.4. The highest BCUT2D eigenvalue weighted by molar-refractivity contribution is 5.73. The van der Waals surface area contributed by atoms with Crippen LogP contribution in [-0.2, 0) is 33.3 Å². The van der Waals surface area contributed by atoms with Crippen LogP contribution in [0.5, 0.6) is 0 Å². The van der Waals surface area contributed by atoms with Crippen LogP contribution < -0.4 is 0 Å². The van der Waals surface area contributed by atoms with Gasteiger partial charge in [-0.05, 0) is 97.1 Å². The third-order valence-corrected chi connectivity index (χ3v) is 10.5. The highest BCUT2D eigenvalue weighted by atomic mass is 16.6. The molecule has 2 heterocycles. The van der Waals surface area contributed by atoms with Crippen molar-refractivity contribution in [1.82, 2.24) is 4.90 Å². The summed E-state index contributed by atoms with van der Waals surface area (Å²) in [7, 11) is 1.99. The van der Waals surface area contributed by atoms with Crippen molar-refractivity contribution in [3.05, 3.63) is 48.6 Å². The van der Waals surface area contributed by atoms with E-state index in [-0.39, 0.29) is 37.0 Å². The van der Waals surface area contributed by atoms with Gasteiger partial charge in [0, 0.05) is 19.4 Å². The van der Waals surface area contributed by atoms with Crippen LogP contribution >= 0.6 is 0 Å². The van der Waals surface area contributed by atoms with Gasteiger partial charge in [0.15, 0.2) is 12.2 Å². The molecule has 2 aliphatic rings. The Hall–Kier alpha value is -2.71. The number of esters is 3. The zero-order chi connectivity index (χ0) is 39.6. The Morgan fingerprint density at radius 2 is 1.09 bits per heavy atom. The van der Waals surface area contributed by atoms with Crippen molar-refractivity contribution in [2.75, 3.05) is 33.4 Å². The van der Waals surface area contributed by atoms with Gasteiger partial charge in [0.25, 0.3) is 0 Å². The average molecular weight is 770 g/mol. The maximum absolute atomic E-state index is 13.0. The third kappa shape index (κ3) is 25.2. The van der Waals surface area contributed by atoms with E-state index in [2.05, 4.69) is 67.4 Å². The van der Waals surface area contributed by atoms with Gasteiger partial charge in [-0.1, -0.05) is 127 Å². The number of ether oxygens (including phenoxy) is 4. The largest absolute Gasteiger partial charge is 0.463 e. The van der Waals surface area contributed by atoms with Gasteiger partial charge >= 0.3 is 17.9 Å². The van der Waals surface area contributed by atoms with Crippen LogP contribution in [0.25, 0.3) is 0 Å². The summed E-state index contributed by atoms with van der Waals surface area (Å²) in [6.45, 7) is 6.09. The van der Waals surface area contributed by atoms with E-state index >= 15 is 0 Å². The van der Waals surface area contributed by atoms with Crippen LogP contribution in [-0.4, -0.2) is 74.5 Å². The lowest BCUT2D eigenvalue weighted by molar-refractivity contribution is -0.168. The average Bonchev–Trinajstić information content (AvgIpc) is 3.78. The SMILES string of the molecule is CCCCC/C=C\C/C=C\CCCCCCCC(=O)O[C@@H]1[C@@H](OC(=O)CCCCCCC/C=C\C/C=C\CCCCC)CO[C@@H]1COC(=O)C1CCN(C)C1. The van der Waals surface area contributed by atoms with E-state index in [9.17, 15) is 14.4 Å². The summed E-state index contributed by atoms with van der Waals surface area (Å²) in [6, 6.07) is 0. The Kier molecular flexibility index (Phi) is 29.4. The molecule has 8 heteroatoms. The fourth-order valence-corrected chi connectivity index (χ4v) is 7.05. The number of carbonyl (C=O) groups excluding carboxylic acids is 3. The molecule has 314 valence electrons. The normalized spacial score (nSPS) is 20.5. The van der Waals surface area contributed by atoms with Crippen LogP contribution in [0.1, 0.15) is 174 Å². The van der Waals surface area contributed by atoms with Crippen molar-refractivity contribution < 1.29 is 33.3 Å². The molecule has 0 amide bonds. The summed E-state index contributed by atoms with van der Waals surface area (Å²) in [5, 5.41) is 0. The highest BCUT2D eigenvalue weighted by Crippen LogP contribution is 2.25. The first kappa shape index (κ1) is 48.4. The predicted octanol–water partition coefficient (Wildman–Crippen LogP) is 11.3. The zero-order valence-electron chi connectivity index (χ0n) is 35.2. The molecule has 55 heavy (non-hydrogen) atoms. The predicted molar refractivity (Wildman–Crippen MR) is 225 cm³/mol. The van der Waals surface area contributed by atoms with Gasteiger partial charge in [0.05, 0.1) is 12.5 Å². The minimum atomic E-state index is -0.793. The van der Waals surface area contributed by atoms with E-state index in [0.717, 1.165) is 103 Å². The minimum absolute atomic E-state index is 0.0281. The second kappa shape index (κ2) is 33.4. The van der Waals surface area contributed by atoms with E-state index in [1.807, 2.05) is 7.05 Å². The maximum atomic E-state index is 13.0. The first-order chi connectivity index (χ1) is 26.9. The monoisotopic (exact) mass is 770 g/mol. The number of hydrogen-bond acceptors (Lipinski definition) is 8. The van der Waals surface area contributed by atoms with Gasteiger partial charge in [0.2, 0.25) is 0 Å². The van der Waals surface area contributed by atoms with Crippen molar-refractivity contribution >= 4 is 17.9 Å². The van der Waals surface area contributed by atoms with Crippen molar-refractivity contribution in [2.45, 2.75) is 193 Å². The van der Waals surface area contributed by atoms with Gasteiger partial charge in [-0.15, -0.1) is 0 Å². The molecule has 1 unspecified atom stereocenters. The molecule has 0 radical (unpaired) electrons. The van der Waals surface area contributed by atoms with Crippen molar-refractivity contribution in [1.29, 1.82) is 0 Å². The Morgan fingerprint density at radius 1 is 0.618 bits per heavy atom. The number of nitrogens with zero attached hydrogens (tertiary/aromatic N) is 1. The number of hydrogen-bond donors (Lipinski definition) is 0. The number of allylic oxidation sites excluding steroid dienone is 8. The smallest absolute Gasteiger partial charge is 0.310 e. The molecule has 0 bridgehead atoms. The second-order valence-electron chi connectivity index (χ2n) is 15.7. The molecule has 0 aliphatic carbocycles.